The van der Waals surface area contributed by atoms with Crippen molar-refractivity contribution in [1.29, 1.82) is 0 Å². The van der Waals surface area contributed by atoms with Gasteiger partial charge in [0, 0.05) is 11.1 Å². The smallest absolute Gasteiger partial charge is 0.488 e. The number of fused-ring (bicyclic) bond motifs is 1. The zero-order valence-electron chi connectivity index (χ0n) is 17.5. The van der Waals surface area contributed by atoms with Crippen LogP contribution in [0.15, 0.2) is 72.8 Å². The van der Waals surface area contributed by atoms with Crippen LogP contribution in [-0.2, 0) is 16.6 Å². The van der Waals surface area contributed by atoms with Crippen molar-refractivity contribution in [2.75, 3.05) is 4.72 Å². The lowest BCUT2D eigenvalue weighted by Crippen LogP contribution is -2.29. The summed E-state index contributed by atoms with van der Waals surface area (Å²) in [5, 5.41) is 1.68. The first kappa shape index (κ1) is 25.1. The van der Waals surface area contributed by atoms with Crippen molar-refractivity contribution in [3.05, 3.63) is 94.2 Å². The number of anilines is 1. The lowest BCUT2D eigenvalue weighted by atomic mass is 10.0. The molecule has 1 N–H and O–H groups in total. The Morgan fingerprint density at radius 1 is 0.857 bits per heavy atom. The van der Waals surface area contributed by atoms with Crippen molar-refractivity contribution >= 4 is 49.7 Å². The van der Waals surface area contributed by atoms with Crippen molar-refractivity contribution in [2.45, 2.75) is 12.1 Å². The van der Waals surface area contributed by atoms with Gasteiger partial charge in [0.05, 0.1) is 10.0 Å². The molecule has 0 heterocycles. The lowest BCUT2D eigenvalue weighted by Gasteiger charge is -2.13. The van der Waals surface area contributed by atoms with Crippen molar-refractivity contribution in [1.82, 2.24) is 0 Å². The van der Waals surface area contributed by atoms with Crippen LogP contribution in [0.25, 0.3) is 21.9 Å². The standard InChI is InChI=1S/C24H15Cl2F4NO3S/c25-21-7-4-15(12-22(21)26)17-8-14(9-18(27)10-17)13-34-23-3-1-2-16-11-19(5-6-20(16)23)31-35(32,33)24(28,29)30/h1-12,31H,13H2. The van der Waals surface area contributed by atoms with Crippen molar-refractivity contribution in [3.8, 4) is 16.9 Å². The number of rotatable bonds is 6. The number of nitrogens with one attached hydrogen (secondary N) is 1. The van der Waals surface area contributed by atoms with Gasteiger partial charge in [0.15, 0.2) is 0 Å². The Hall–Kier alpha value is -3.01. The highest BCUT2D eigenvalue weighted by Gasteiger charge is 2.46. The average Bonchev–Trinajstić information content (AvgIpc) is 2.78. The second-order valence-electron chi connectivity index (χ2n) is 7.51. The summed E-state index contributed by atoms with van der Waals surface area (Å²) in [5.74, 6) is -0.0974. The summed E-state index contributed by atoms with van der Waals surface area (Å²) in [6.07, 6.45) is 0. The van der Waals surface area contributed by atoms with Crippen LogP contribution >= 0.6 is 23.2 Å². The van der Waals surface area contributed by atoms with Crippen LogP contribution in [0.2, 0.25) is 10.0 Å². The number of sulfonamides is 1. The molecule has 0 amide bonds. The summed E-state index contributed by atoms with van der Waals surface area (Å²) in [5.41, 5.74) is -3.92. The third kappa shape index (κ3) is 5.63. The predicted molar refractivity (Wildman–Crippen MR) is 129 cm³/mol. The van der Waals surface area contributed by atoms with Gasteiger partial charge in [-0.05, 0) is 76.7 Å². The van der Waals surface area contributed by atoms with E-state index in [2.05, 4.69) is 0 Å². The van der Waals surface area contributed by atoms with Crippen LogP contribution in [0.4, 0.5) is 23.2 Å². The Bertz CT molecular complexity index is 1530. The number of hydrogen-bond acceptors (Lipinski definition) is 3. The normalized spacial score (nSPS) is 12.1. The summed E-state index contributed by atoms with van der Waals surface area (Å²) in [4.78, 5) is 0. The molecule has 0 bridgehead atoms. The molecule has 0 saturated carbocycles. The van der Waals surface area contributed by atoms with E-state index in [0.717, 1.165) is 0 Å². The van der Waals surface area contributed by atoms with E-state index in [4.69, 9.17) is 27.9 Å². The van der Waals surface area contributed by atoms with Crippen molar-refractivity contribution in [2.24, 2.45) is 0 Å². The van der Waals surface area contributed by atoms with Crippen LogP contribution < -0.4 is 9.46 Å². The number of alkyl halides is 3. The minimum absolute atomic E-state index is 0.00630. The highest BCUT2D eigenvalue weighted by molar-refractivity contribution is 7.93. The van der Waals surface area contributed by atoms with Gasteiger partial charge in [-0.1, -0.05) is 41.4 Å². The zero-order valence-corrected chi connectivity index (χ0v) is 19.9. The van der Waals surface area contributed by atoms with Crippen molar-refractivity contribution in [3.63, 3.8) is 0 Å². The quantitative estimate of drug-likeness (QED) is 0.252. The first-order chi connectivity index (χ1) is 16.4. The average molecular weight is 544 g/mol. The summed E-state index contributed by atoms with van der Waals surface area (Å²) >= 11 is 12.0. The van der Waals surface area contributed by atoms with Gasteiger partial charge in [-0.15, -0.1) is 0 Å². The molecule has 182 valence electrons. The van der Waals surface area contributed by atoms with E-state index in [9.17, 15) is 26.0 Å². The molecule has 4 aromatic carbocycles. The summed E-state index contributed by atoms with van der Waals surface area (Å²) in [6, 6.07) is 18.1. The molecular formula is C24H15Cl2F4NO3S. The Balaban J connectivity index is 1.58. The maximum absolute atomic E-state index is 14.3. The minimum atomic E-state index is -5.54. The molecule has 0 aliphatic heterocycles. The number of hydrogen-bond donors (Lipinski definition) is 1. The molecule has 0 fully saturated rings. The fourth-order valence-corrected chi connectivity index (χ4v) is 4.24. The summed E-state index contributed by atoms with van der Waals surface area (Å²) in [6.45, 7) is -0.00630. The predicted octanol–water partition coefficient (Wildman–Crippen LogP) is 7.79. The van der Waals surface area contributed by atoms with Gasteiger partial charge in [-0.2, -0.15) is 21.6 Å². The van der Waals surface area contributed by atoms with Crippen LogP contribution in [0, 0.1) is 5.82 Å². The largest absolute Gasteiger partial charge is 0.516 e. The first-order valence-corrected chi connectivity index (χ1v) is 12.2. The van der Waals surface area contributed by atoms with Gasteiger partial charge in [0.2, 0.25) is 0 Å². The van der Waals surface area contributed by atoms with Gasteiger partial charge < -0.3 is 4.74 Å². The fraction of sp³-hybridized carbons (Fsp3) is 0.0833. The first-order valence-electron chi connectivity index (χ1n) is 9.92. The highest BCUT2D eigenvalue weighted by Crippen LogP contribution is 2.32. The van der Waals surface area contributed by atoms with E-state index in [-0.39, 0.29) is 12.3 Å². The topological polar surface area (TPSA) is 55.4 Å². The molecular weight excluding hydrogens is 529 g/mol. The van der Waals surface area contributed by atoms with E-state index in [0.29, 0.717) is 43.3 Å². The Morgan fingerprint density at radius 3 is 2.34 bits per heavy atom. The molecule has 4 aromatic rings. The van der Waals surface area contributed by atoms with E-state index in [1.165, 1.54) is 35.1 Å². The second kappa shape index (κ2) is 9.56. The molecule has 35 heavy (non-hydrogen) atoms. The van der Waals surface area contributed by atoms with E-state index < -0.39 is 21.3 Å². The van der Waals surface area contributed by atoms with Crippen molar-refractivity contribution < 1.29 is 30.7 Å². The maximum atomic E-state index is 14.3. The molecule has 0 aromatic heterocycles. The van der Waals surface area contributed by atoms with E-state index in [1.807, 2.05) is 0 Å². The fourth-order valence-electron chi connectivity index (χ4n) is 3.39. The zero-order chi connectivity index (χ0) is 25.4. The van der Waals surface area contributed by atoms with Crippen LogP contribution in [0.3, 0.4) is 0 Å². The molecule has 4 nitrogen and oxygen atoms in total. The SMILES string of the molecule is O=S(=O)(Nc1ccc2c(OCc3cc(F)cc(-c4ccc(Cl)c(Cl)c4)c3)cccc2c1)C(F)(F)F. The second-order valence-corrected chi connectivity index (χ2v) is 10.00. The van der Waals surface area contributed by atoms with Gasteiger partial charge in [0.1, 0.15) is 18.2 Å². The molecule has 0 radical (unpaired) electrons. The molecule has 4 rings (SSSR count). The Kier molecular flexibility index (Phi) is 6.86. The number of benzene rings is 4. The molecule has 0 saturated heterocycles. The van der Waals surface area contributed by atoms with Crippen LogP contribution in [0.5, 0.6) is 5.75 Å². The molecule has 0 atom stereocenters. The minimum Gasteiger partial charge on any atom is -0.488 e. The molecule has 11 heteroatoms. The van der Waals surface area contributed by atoms with Crippen LogP contribution in [-0.4, -0.2) is 13.9 Å². The number of halogens is 6. The third-order valence-corrected chi connectivity index (χ3v) is 6.86. The lowest BCUT2D eigenvalue weighted by molar-refractivity contribution is -0.0429. The van der Waals surface area contributed by atoms with Gasteiger partial charge in [0.25, 0.3) is 0 Å². The molecule has 0 aliphatic carbocycles. The van der Waals surface area contributed by atoms with Gasteiger partial charge in [-0.25, -0.2) is 4.39 Å². The van der Waals surface area contributed by atoms with E-state index in [1.54, 1.807) is 42.5 Å². The third-order valence-electron chi connectivity index (χ3n) is 5.00. The van der Waals surface area contributed by atoms with E-state index >= 15 is 0 Å². The summed E-state index contributed by atoms with van der Waals surface area (Å²) in [7, 11) is -5.54. The highest BCUT2D eigenvalue weighted by atomic mass is 35.5. The summed E-state index contributed by atoms with van der Waals surface area (Å²) < 4.78 is 82.3. The Morgan fingerprint density at radius 2 is 1.63 bits per heavy atom. The van der Waals surface area contributed by atoms with Crippen LogP contribution in [0.1, 0.15) is 5.56 Å². The van der Waals surface area contributed by atoms with Gasteiger partial charge >= 0.3 is 15.5 Å². The Labute approximate surface area is 208 Å². The molecule has 0 spiro atoms. The number of ether oxygens (including phenoxy) is 1. The molecule has 0 aliphatic rings. The maximum Gasteiger partial charge on any atom is 0.516 e. The monoisotopic (exact) mass is 543 g/mol. The molecule has 0 unspecified atom stereocenters. The van der Waals surface area contributed by atoms with Gasteiger partial charge in [-0.3, -0.25) is 4.72 Å².